The molecule has 1 aromatic heterocycles. The molecular weight excluding hydrogens is 250 g/mol. The van der Waals surface area contributed by atoms with Crippen molar-refractivity contribution in [3.05, 3.63) is 32.1 Å². The number of aromatic nitrogens is 3. The average Bonchev–Trinajstić information content (AvgIpc) is 2.65. The summed E-state index contributed by atoms with van der Waals surface area (Å²) in [5.74, 6) is -1.61. The van der Waals surface area contributed by atoms with Crippen molar-refractivity contribution < 1.29 is 19.4 Å². The Morgan fingerprint density at radius 2 is 2.06 bits per heavy atom. The number of aryl methyl sites for hydroxylation is 1. The molecule has 0 radical (unpaired) electrons. The minimum absolute atomic E-state index is 0.234. The lowest BCUT2D eigenvalue weighted by Gasteiger charge is -2.12. The van der Waals surface area contributed by atoms with Crippen molar-refractivity contribution in [2.75, 3.05) is 6.61 Å². The van der Waals surface area contributed by atoms with E-state index in [1.165, 1.54) is 14.0 Å². The van der Waals surface area contributed by atoms with Crippen LogP contribution in [0.4, 0.5) is 0 Å². The van der Waals surface area contributed by atoms with Crippen LogP contribution in [0.2, 0.25) is 0 Å². The number of hydrogen-bond acceptors (Lipinski definition) is 8. The number of ether oxygens (including phenoxy) is 1. The molecule has 98 valence electrons. The molecule has 0 saturated heterocycles. The quantitative estimate of drug-likeness (QED) is 0.286. The summed E-state index contributed by atoms with van der Waals surface area (Å²) >= 11 is 0. The Labute approximate surface area is 99.6 Å². The van der Waals surface area contributed by atoms with Crippen molar-refractivity contribution in [2.45, 2.75) is 12.6 Å². The van der Waals surface area contributed by atoms with E-state index in [0.29, 0.717) is 0 Å². The van der Waals surface area contributed by atoms with Gasteiger partial charge in [0.15, 0.2) is 0 Å². The minimum atomic E-state index is -3.29. The lowest BCUT2D eigenvalue weighted by molar-refractivity contribution is -0.791. The van der Waals surface area contributed by atoms with Gasteiger partial charge >= 0.3 is 11.6 Å². The third-order valence-corrected chi connectivity index (χ3v) is 2.05. The summed E-state index contributed by atoms with van der Waals surface area (Å²) < 4.78 is 5.40. The highest BCUT2D eigenvalue weighted by atomic mass is 16.7. The summed E-state index contributed by atoms with van der Waals surface area (Å²) in [6, 6.07) is 0. The lowest BCUT2D eigenvalue weighted by Crippen LogP contribution is -2.51. The van der Waals surface area contributed by atoms with Gasteiger partial charge in [-0.05, 0) is 6.92 Å². The van der Waals surface area contributed by atoms with Gasteiger partial charge in [0.2, 0.25) is 5.69 Å². The molecule has 0 aliphatic rings. The fraction of sp³-hybridized carbons (Fsp3) is 0.571. The normalized spacial score (nSPS) is 11.0. The fourth-order valence-electron chi connectivity index (χ4n) is 1.25. The largest absolute Gasteiger partial charge is 0.599 e. The van der Waals surface area contributed by atoms with Gasteiger partial charge in [-0.15, -0.1) is 5.10 Å². The Balaban J connectivity index is 3.45. The molecule has 0 atom stereocenters. The number of carbonyl (C=O) groups excluding carboxylic acids is 1. The molecule has 0 unspecified atom stereocenters. The van der Waals surface area contributed by atoms with Crippen molar-refractivity contribution in [3.63, 3.8) is 0 Å². The Morgan fingerprint density at radius 1 is 1.50 bits per heavy atom. The standard InChI is InChI=1S/C7H9N5O6/c1-3-18-6(13)7(11(14)15,12(16)17)5-4-10(2)9-8-5/h4H,3H2,1-2H3. The summed E-state index contributed by atoms with van der Waals surface area (Å²) in [5.41, 5.74) is -4.00. The van der Waals surface area contributed by atoms with Crippen LogP contribution in [0.15, 0.2) is 6.20 Å². The molecule has 18 heavy (non-hydrogen) atoms. The maximum absolute atomic E-state index is 11.6. The number of carbonyl (C=O) groups is 1. The summed E-state index contributed by atoms with van der Waals surface area (Å²) in [6.07, 6.45) is 0.919. The fourth-order valence-corrected chi connectivity index (χ4v) is 1.25. The van der Waals surface area contributed by atoms with Crippen LogP contribution in [-0.4, -0.2) is 37.4 Å². The van der Waals surface area contributed by atoms with Crippen LogP contribution in [0.25, 0.3) is 0 Å². The number of esters is 1. The molecule has 0 aliphatic heterocycles. The predicted molar refractivity (Wildman–Crippen MR) is 53.3 cm³/mol. The maximum Gasteiger partial charge on any atom is 0.599 e. The Hall–Kier alpha value is -2.59. The minimum Gasteiger partial charge on any atom is -0.455 e. The zero-order chi connectivity index (χ0) is 13.9. The molecule has 11 heteroatoms. The van der Waals surface area contributed by atoms with E-state index in [9.17, 15) is 25.0 Å². The van der Waals surface area contributed by atoms with Gasteiger partial charge in [0, 0.05) is 7.05 Å². The molecule has 0 spiro atoms. The Bertz CT molecular complexity index is 482. The molecule has 0 saturated carbocycles. The van der Waals surface area contributed by atoms with Gasteiger partial charge in [-0.1, -0.05) is 5.21 Å². The number of hydrogen-bond donors (Lipinski definition) is 0. The van der Waals surface area contributed by atoms with Crippen molar-refractivity contribution in [3.8, 4) is 0 Å². The van der Waals surface area contributed by atoms with Gasteiger partial charge in [0.1, 0.15) is 9.85 Å². The Kier molecular flexibility index (Phi) is 3.54. The SMILES string of the molecule is CCOC(=O)C(c1cn(C)nn1)([N+](=O)[O-])[N+](=O)[O-]. The van der Waals surface area contributed by atoms with Crippen LogP contribution >= 0.6 is 0 Å². The van der Waals surface area contributed by atoms with Crippen molar-refractivity contribution in [1.29, 1.82) is 0 Å². The molecule has 0 aliphatic carbocycles. The van der Waals surface area contributed by atoms with Gasteiger partial charge in [-0.25, -0.2) is 4.79 Å². The van der Waals surface area contributed by atoms with Crippen LogP contribution < -0.4 is 0 Å². The van der Waals surface area contributed by atoms with Gasteiger partial charge < -0.3 is 4.74 Å². The van der Waals surface area contributed by atoms with Crippen LogP contribution in [0.5, 0.6) is 0 Å². The average molecular weight is 259 g/mol. The topological polar surface area (TPSA) is 143 Å². The highest BCUT2D eigenvalue weighted by Crippen LogP contribution is 2.25. The van der Waals surface area contributed by atoms with E-state index in [1.54, 1.807) is 0 Å². The summed E-state index contributed by atoms with van der Waals surface area (Å²) in [5, 5.41) is 28.6. The first-order valence-electron chi connectivity index (χ1n) is 4.70. The molecule has 11 nitrogen and oxygen atoms in total. The van der Waals surface area contributed by atoms with E-state index in [1.807, 2.05) is 0 Å². The first-order chi connectivity index (χ1) is 8.37. The monoisotopic (exact) mass is 259 g/mol. The van der Waals surface area contributed by atoms with Crippen molar-refractivity contribution in [1.82, 2.24) is 15.0 Å². The maximum atomic E-state index is 11.6. The highest BCUT2D eigenvalue weighted by molar-refractivity contribution is 5.78. The van der Waals surface area contributed by atoms with E-state index in [4.69, 9.17) is 0 Å². The van der Waals surface area contributed by atoms with Crippen LogP contribution in [-0.2, 0) is 22.2 Å². The lowest BCUT2D eigenvalue weighted by atomic mass is 10.1. The van der Waals surface area contributed by atoms with E-state index in [0.717, 1.165) is 10.9 Å². The first-order valence-corrected chi connectivity index (χ1v) is 4.70. The molecule has 0 N–H and O–H groups in total. The van der Waals surface area contributed by atoms with Crippen molar-refractivity contribution in [2.24, 2.45) is 7.05 Å². The van der Waals surface area contributed by atoms with Gasteiger partial charge in [-0.2, -0.15) is 0 Å². The third-order valence-electron chi connectivity index (χ3n) is 2.05. The molecule has 0 amide bonds. The molecule has 0 fully saturated rings. The third kappa shape index (κ3) is 1.85. The number of nitrogens with zero attached hydrogens (tertiary/aromatic N) is 5. The number of rotatable bonds is 5. The second-order valence-electron chi connectivity index (χ2n) is 3.18. The second-order valence-corrected chi connectivity index (χ2v) is 3.18. The van der Waals surface area contributed by atoms with Crippen LogP contribution in [0.1, 0.15) is 12.6 Å². The molecule has 0 bridgehead atoms. The summed E-state index contributed by atoms with van der Waals surface area (Å²) in [7, 11) is 1.35. The zero-order valence-electron chi connectivity index (χ0n) is 9.47. The highest BCUT2D eigenvalue weighted by Gasteiger charge is 2.70. The summed E-state index contributed by atoms with van der Waals surface area (Å²) in [4.78, 5) is 30.8. The molecule has 1 aromatic rings. The van der Waals surface area contributed by atoms with Crippen molar-refractivity contribution >= 4 is 5.97 Å². The van der Waals surface area contributed by atoms with Gasteiger partial charge in [-0.3, -0.25) is 24.9 Å². The van der Waals surface area contributed by atoms with E-state index < -0.39 is 27.2 Å². The Morgan fingerprint density at radius 3 is 2.39 bits per heavy atom. The predicted octanol–water partition coefficient (Wildman–Crippen LogP) is -0.916. The zero-order valence-corrected chi connectivity index (χ0v) is 9.47. The van der Waals surface area contributed by atoms with Gasteiger partial charge in [0.05, 0.1) is 12.8 Å². The molecular formula is C7H9N5O6. The molecule has 0 aromatic carbocycles. The van der Waals surface area contributed by atoms with E-state index in [2.05, 4.69) is 15.0 Å². The van der Waals surface area contributed by atoms with E-state index in [-0.39, 0.29) is 6.61 Å². The second kappa shape index (κ2) is 4.73. The number of nitro groups is 2. The van der Waals surface area contributed by atoms with Gasteiger partial charge in [0.25, 0.3) is 0 Å². The van der Waals surface area contributed by atoms with E-state index >= 15 is 0 Å². The van der Waals surface area contributed by atoms with Crippen LogP contribution in [0, 0.1) is 20.2 Å². The van der Waals surface area contributed by atoms with Crippen LogP contribution in [0.3, 0.4) is 0 Å². The smallest absolute Gasteiger partial charge is 0.455 e. The first kappa shape index (κ1) is 13.5. The summed E-state index contributed by atoms with van der Waals surface area (Å²) in [6.45, 7) is 1.14. The molecule has 1 heterocycles. The molecule has 1 rings (SSSR count).